The van der Waals surface area contributed by atoms with E-state index in [0.29, 0.717) is 16.5 Å². The monoisotopic (exact) mass is 506 g/mol. The van der Waals surface area contributed by atoms with Gasteiger partial charge in [0, 0.05) is 21.3 Å². The number of hydrogen-bond acceptors (Lipinski definition) is 4. The number of anilines is 1. The van der Waals surface area contributed by atoms with Gasteiger partial charge in [0.2, 0.25) is 5.91 Å². The average Bonchev–Trinajstić information content (AvgIpc) is 3.09. The number of benzene rings is 2. The third-order valence-electron chi connectivity index (χ3n) is 4.84. The van der Waals surface area contributed by atoms with Crippen LogP contribution < -0.4 is 5.32 Å². The van der Waals surface area contributed by atoms with Crippen LogP contribution in [0.1, 0.15) is 29.8 Å². The summed E-state index contributed by atoms with van der Waals surface area (Å²) in [5.74, 6) is 0.121. The Morgan fingerprint density at radius 3 is 2.69 bits per heavy atom. The lowest BCUT2D eigenvalue weighted by Crippen LogP contribution is -2.41. The fourth-order valence-corrected chi connectivity index (χ4v) is 5.13. The third-order valence-corrected chi connectivity index (χ3v) is 6.61. The van der Waals surface area contributed by atoms with Gasteiger partial charge in [0.1, 0.15) is 12.0 Å². The van der Waals surface area contributed by atoms with Gasteiger partial charge in [0.05, 0.1) is 17.4 Å². The molecular formula is C21H19Cl2F3N2O3S. The largest absolute Gasteiger partial charge is 0.447 e. The molecule has 1 saturated heterocycles. The van der Waals surface area contributed by atoms with Crippen molar-refractivity contribution in [1.29, 1.82) is 0 Å². The highest BCUT2D eigenvalue weighted by Gasteiger charge is 2.38. The number of nitrogens with one attached hydrogen (secondary N) is 1. The normalized spacial score (nSPS) is 17.4. The molecule has 0 aliphatic carbocycles. The average molecular weight is 507 g/mol. The highest BCUT2D eigenvalue weighted by Crippen LogP contribution is 2.43. The molecule has 2 atom stereocenters. The molecule has 2 amide bonds. The first-order valence-electron chi connectivity index (χ1n) is 9.59. The van der Waals surface area contributed by atoms with Crippen molar-refractivity contribution in [2.75, 3.05) is 17.7 Å². The second-order valence-corrected chi connectivity index (χ2v) is 8.91. The Bertz CT molecular complexity index is 1010. The van der Waals surface area contributed by atoms with Gasteiger partial charge >= 0.3 is 12.3 Å². The first kappa shape index (κ1) is 24.5. The Morgan fingerprint density at radius 1 is 1.28 bits per heavy atom. The van der Waals surface area contributed by atoms with E-state index >= 15 is 0 Å². The highest BCUT2D eigenvalue weighted by atomic mass is 35.5. The summed E-state index contributed by atoms with van der Waals surface area (Å²) in [6.45, 7) is 1.71. The van der Waals surface area contributed by atoms with Crippen LogP contribution in [0.3, 0.4) is 0 Å². The van der Waals surface area contributed by atoms with Crippen molar-refractivity contribution < 1.29 is 27.5 Å². The summed E-state index contributed by atoms with van der Waals surface area (Å²) in [5, 5.41) is 2.82. The van der Waals surface area contributed by atoms with Crippen LogP contribution in [0.15, 0.2) is 42.5 Å². The molecule has 0 saturated carbocycles. The molecule has 1 aliphatic rings. The zero-order valence-electron chi connectivity index (χ0n) is 16.8. The van der Waals surface area contributed by atoms with Crippen molar-refractivity contribution in [2.24, 2.45) is 0 Å². The molecule has 3 rings (SSSR count). The molecule has 2 aromatic rings. The summed E-state index contributed by atoms with van der Waals surface area (Å²) in [7, 11) is 0. The zero-order valence-corrected chi connectivity index (χ0v) is 19.1. The van der Waals surface area contributed by atoms with E-state index in [1.165, 1.54) is 23.9 Å². The Balaban J connectivity index is 1.67. The van der Waals surface area contributed by atoms with Crippen LogP contribution in [0.5, 0.6) is 0 Å². The van der Waals surface area contributed by atoms with Crippen LogP contribution in [0.25, 0.3) is 0 Å². The van der Waals surface area contributed by atoms with Crippen molar-refractivity contribution in [2.45, 2.75) is 30.9 Å². The minimum absolute atomic E-state index is 0.0449. The zero-order chi connectivity index (χ0) is 23.5. The number of ether oxygens (including phenoxy) is 1. The highest BCUT2D eigenvalue weighted by molar-refractivity contribution is 8.00. The molecule has 0 radical (unpaired) electrons. The van der Waals surface area contributed by atoms with Crippen molar-refractivity contribution in [3.8, 4) is 0 Å². The second kappa shape index (κ2) is 10.2. The van der Waals surface area contributed by atoms with E-state index in [-0.39, 0.29) is 29.3 Å². The van der Waals surface area contributed by atoms with Crippen LogP contribution in [-0.2, 0) is 15.7 Å². The van der Waals surface area contributed by atoms with Crippen LogP contribution >= 0.6 is 35.0 Å². The van der Waals surface area contributed by atoms with E-state index in [1.807, 2.05) is 6.92 Å². The van der Waals surface area contributed by atoms with Gasteiger partial charge in [0.25, 0.3) is 0 Å². The first-order valence-corrected chi connectivity index (χ1v) is 11.4. The predicted octanol–water partition coefficient (Wildman–Crippen LogP) is 6.61. The van der Waals surface area contributed by atoms with Gasteiger partial charge in [-0.1, -0.05) is 42.3 Å². The minimum Gasteiger partial charge on any atom is -0.447 e. The van der Waals surface area contributed by atoms with Gasteiger partial charge in [-0.2, -0.15) is 13.2 Å². The number of halogens is 5. The number of hydrogen-bond donors (Lipinski definition) is 1. The van der Waals surface area contributed by atoms with E-state index in [4.69, 9.17) is 27.9 Å². The van der Waals surface area contributed by atoms with E-state index < -0.39 is 23.9 Å². The molecule has 0 unspecified atom stereocenters. The molecule has 5 nitrogen and oxygen atoms in total. The van der Waals surface area contributed by atoms with Crippen molar-refractivity contribution in [3.63, 3.8) is 0 Å². The van der Waals surface area contributed by atoms with Gasteiger partial charge in [-0.15, -0.1) is 11.8 Å². The SMILES string of the molecule is CC[C@@H](COC(=O)Nc1cccc(C(F)(F)F)c1)N1C(=O)CS[C@@H]1c1ccc(Cl)cc1Cl. The second-order valence-electron chi connectivity index (χ2n) is 6.99. The molecule has 0 bridgehead atoms. The van der Waals surface area contributed by atoms with Crippen LogP contribution in [0, 0.1) is 0 Å². The molecule has 0 spiro atoms. The van der Waals surface area contributed by atoms with Crippen LogP contribution in [0.4, 0.5) is 23.7 Å². The number of thioether (sulfide) groups is 1. The molecule has 1 aliphatic heterocycles. The molecule has 2 aromatic carbocycles. The number of nitrogens with zero attached hydrogens (tertiary/aromatic N) is 1. The van der Waals surface area contributed by atoms with Crippen LogP contribution in [-0.4, -0.2) is 35.3 Å². The lowest BCUT2D eigenvalue weighted by atomic mass is 10.1. The lowest BCUT2D eigenvalue weighted by Gasteiger charge is -2.32. The van der Waals surface area contributed by atoms with Crippen molar-refractivity contribution in [3.05, 3.63) is 63.6 Å². The predicted molar refractivity (Wildman–Crippen MR) is 119 cm³/mol. The van der Waals surface area contributed by atoms with E-state index in [2.05, 4.69) is 5.32 Å². The summed E-state index contributed by atoms with van der Waals surface area (Å²) < 4.78 is 43.8. The van der Waals surface area contributed by atoms with Gasteiger partial charge < -0.3 is 9.64 Å². The number of amides is 2. The molecule has 172 valence electrons. The Hall–Kier alpha value is -2.10. The van der Waals surface area contributed by atoms with Gasteiger partial charge in [0.15, 0.2) is 0 Å². The number of alkyl halides is 3. The smallest absolute Gasteiger partial charge is 0.416 e. The summed E-state index contributed by atoms with van der Waals surface area (Å²) in [5.41, 5.74) is -0.209. The summed E-state index contributed by atoms with van der Waals surface area (Å²) in [6.07, 6.45) is -4.95. The van der Waals surface area contributed by atoms with Gasteiger partial charge in [-0.3, -0.25) is 10.1 Å². The van der Waals surface area contributed by atoms with E-state index in [0.717, 1.165) is 17.7 Å². The fourth-order valence-electron chi connectivity index (χ4n) is 3.27. The minimum atomic E-state index is -4.53. The molecule has 1 N–H and O–H groups in total. The summed E-state index contributed by atoms with van der Waals surface area (Å²) in [4.78, 5) is 26.4. The number of carbonyl (C=O) groups is 2. The maximum atomic E-state index is 12.8. The standard InChI is InChI=1S/C21H19Cl2F3N2O3S/c1-2-15(10-31-20(30)27-14-5-3-4-12(8-14)21(24,25)26)28-18(29)11-32-19(28)16-7-6-13(22)9-17(16)23/h3-9,15,19H,2,10-11H2,1H3,(H,27,30)/t15-,19+/m0/s1. The quantitative estimate of drug-likeness (QED) is 0.478. The first-order chi connectivity index (χ1) is 15.1. The van der Waals surface area contributed by atoms with Crippen molar-refractivity contribution in [1.82, 2.24) is 4.90 Å². The molecule has 11 heteroatoms. The van der Waals surface area contributed by atoms with E-state index in [9.17, 15) is 22.8 Å². The van der Waals surface area contributed by atoms with Gasteiger partial charge in [-0.05, 0) is 36.8 Å². The number of rotatable bonds is 6. The van der Waals surface area contributed by atoms with Crippen LogP contribution in [0.2, 0.25) is 10.0 Å². The topological polar surface area (TPSA) is 58.6 Å². The van der Waals surface area contributed by atoms with Crippen molar-refractivity contribution >= 4 is 52.7 Å². The van der Waals surface area contributed by atoms with E-state index in [1.54, 1.807) is 23.1 Å². The third kappa shape index (κ3) is 5.82. The molecular weight excluding hydrogens is 488 g/mol. The lowest BCUT2D eigenvalue weighted by molar-refractivity contribution is -0.137. The maximum absolute atomic E-state index is 12.8. The molecule has 1 fully saturated rings. The Labute approximate surface area is 197 Å². The fraction of sp³-hybridized carbons (Fsp3) is 0.333. The Morgan fingerprint density at radius 2 is 2.03 bits per heavy atom. The maximum Gasteiger partial charge on any atom is 0.416 e. The molecule has 32 heavy (non-hydrogen) atoms. The Kier molecular flexibility index (Phi) is 7.84. The molecule has 0 aromatic heterocycles. The number of carbonyl (C=O) groups excluding carboxylic acids is 2. The summed E-state index contributed by atoms with van der Waals surface area (Å²) >= 11 is 13.7. The molecule has 1 heterocycles. The summed E-state index contributed by atoms with van der Waals surface area (Å²) in [6, 6.07) is 8.83. The van der Waals surface area contributed by atoms with Gasteiger partial charge in [-0.25, -0.2) is 4.79 Å².